The Morgan fingerprint density at radius 3 is 2.50 bits per heavy atom. The molecule has 0 fully saturated rings. The molecule has 0 atom stereocenters. The fourth-order valence-corrected chi connectivity index (χ4v) is 2.12. The average molecular weight is 328 g/mol. The Labute approximate surface area is 143 Å². The van der Waals surface area contributed by atoms with Crippen LogP contribution in [0.25, 0.3) is 0 Å². The van der Waals surface area contributed by atoms with Crippen molar-refractivity contribution >= 4 is 17.3 Å². The Kier molecular flexibility index (Phi) is 6.95. The Morgan fingerprint density at radius 1 is 1.04 bits per heavy atom. The van der Waals surface area contributed by atoms with Gasteiger partial charge in [0.15, 0.2) is 0 Å². The van der Waals surface area contributed by atoms with Crippen molar-refractivity contribution in [2.45, 2.75) is 19.8 Å². The molecule has 1 amide bonds. The van der Waals surface area contributed by atoms with Gasteiger partial charge >= 0.3 is 0 Å². The lowest BCUT2D eigenvalue weighted by Crippen LogP contribution is -2.21. The fraction of sp³-hybridized carbons (Fsp3) is 0.316. The Balaban J connectivity index is 1.83. The molecule has 2 aromatic rings. The van der Waals surface area contributed by atoms with E-state index in [4.69, 9.17) is 9.47 Å². The van der Waals surface area contributed by atoms with E-state index in [9.17, 15) is 4.79 Å². The number of ether oxygens (including phenoxy) is 2. The molecule has 0 aliphatic carbocycles. The maximum absolute atomic E-state index is 12.0. The van der Waals surface area contributed by atoms with Gasteiger partial charge in [-0.25, -0.2) is 0 Å². The number of carbonyl (C=O) groups excluding carboxylic acids is 1. The van der Waals surface area contributed by atoms with Crippen LogP contribution in [0.4, 0.5) is 11.4 Å². The van der Waals surface area contributed by atoms with Crippen molar-refractivity contribution in [3.05, 3.63) is 48.5 Å². The van der Waals surface area contributed by atoms with Crippen LogP contribution < -0.4 is 20.1 Å². The van der Waals surface area contributed by atoms with Gasteiger partial charge in [0.25, 0.3) is 0 Å². The molecule has 2 aromatic carbocycles. The standard InChI is InChI=1S/C19H24N2O3/c1-3-4-11-24-18-10-5-7-15(12-18)20-14-19(22)21-16-8-6-9-17(13-16)23-2/h5-10,12-13,20H,3-4,11,14H2,1-2H3,(H,21,22). The van der Waals surface area contributed by atoms with Gasteiger partial charge in [-0.15, -0.1) is 0 Å². The summed E-state index contributed by atoms with van der Waals surface area (Å²) in [7, 11) is 1.60. The van der Waals surface area contributed by atoms with Crippen LogP contribution in [0, 0.1) is 0 Å². The van der Waals surface area contributed by atoms with Gasteiger partial charge in [0.2, 0.25) is 5.91 Å². The molecule has 2 N–H and O–H groups in total. The van der Waals surface area contributed by atoms with Crippen LogP contribution in [-0.2, 0) is 4.79 Å². The minimum Gasteiger partial charge on any atom is -0.497 e. The van der Waals surface area contributed by atoms with Crippen molar-refractivity contribution in [1.82, 2.24) is 0 Å². The third-order valence-corrected chi connectivity index (χ3v) is 3.41. The van der Waals surface area contributed by atoms with E-state index in [1.54, 1.807) is 13.2 Å². The molecule has 0 spiro atoms. The summed E-state index contributed by atoms with van der Waals surface area (Å²) in [5, 5.41) is 5.93. The van der Waals surface area contributed by atoms with Crippen LogP contribution in [0.2, 0.25) is 0 Å². The summed E-state index contributed by atoms with van der Waals surface area (Å²) in [5.74, 6) is 1.39. The van der Waals surface area contributed by atoms with Crippen LogP contribution >= 0.6 is 0 Å². The molecule has 0 aliphatic heterocycles. The van der Waals surface area contributed by atoms with Crippen molar-refractivity contribution in [2.24, 2.45) is 0 Å². The number of hydrogen-bond donors (Lipinski definition) is 2. The SMILES string of the molecule is CCCCOc1cccc(NCC(=O)Nc2cccc(OC)c2)c1. The van der Waals surface area contributed by atoms with Crippen LogP contribution in [0.15, 0.2) is 48.5 Å². The molecular formula is C19H24N2O3. The van der Waals surface area contributed by atoms with Gasteiger partial charge in [0.05, 0.1) is 20.3 Å². The number of amides is 1. The molecular weight excluding hydrogens is 304 g/mol. The highest BCUT2D eigenvalue weighted by Gasteiger charge is 2.04. The highest BCUT2D eigenvalue weighted by molar-refractivity contribution is 5.93. The largest absolute Gasteiger partial charge is 0.497 e. The molecule has 0 aliphatic rings. The molecule has 2 rings (SSSR count). The molecule has 5 nitrogen and oxygen atoms in total. The molecule has 0 heterocycles. The van der Waals surface area contributed by atoms with Crippen LogP contribution in [0.1, 0.15) is 19.8 Å². The fourth-order valence-electron chi connectivity index (χ4n) is 2.12. The average Bonchev–Trinajstić information content (AvgIpc) is 2.61. The van der Waals surface area contributed by atoms with Crippen molar-refractivity contribution < 1.29 is 14.3 Å². The second-order valence-electron chi connectivity index (χ2n) is 5.36. The Bertz CT molecular complexity index is 659. The van der Waals surface area contributed by atoms with Gasteiger partial charge in [-0.1, -0.05) is 25.5 Å². The Hall–Kier alpha value is -2.69. The normalized spacial score (nSPS) is 10.1. The number of methoxy groups -OCH3 is 1. The number of hydrogen-bond acceptors (Lipinski definition) is 4. The first-order chi connectivity index (χ1) is 11.7. The van der Waals surface area contributed by atoms with Crippen LogP contribution in [0.5, 0.6) is 11.5 Å². The van der Waals surface area contributed by atoms with E-state index in [-0.39, 0.29) is 12.5 Å². The lowest BCUT2D eigenvalue weighted by molar-refractivity contribution is -0.114. The summed E-state index contributed by atoms with van der Waals surface area (Å²) in [6.07, 6.45) is 2.13. The van der Waals surface area contributed by atoms with Crippen molar-refractivity contribution in [1.29, 1.82) is 0 Å². The van der Waals surface area contributed by atoms with Crippen molar-refractivity contribution in [3.63, 3.8) is 0 Å². The van der Waals surface area contributed by atoms with E-state index < -0.39 is 0 Å². The second kappa shape index (κ2) is 9.45. The monoisotopic (exact) mass is 328 g/mol. The van der Waals surface area contributed by atoms with Gasteiger partial charge in [-0.05, 0) is 30.7 Å². The van der Waals surface area contributed by atoms with E-state index in [0.29, 0.717) is 18.0 Å². The lowest BCUT2D eigenvalue weighted by atomic mass is 10.3. The maximum Gasteiger partial charge on any atom is 0.243 e. The zero-order chi connectivity index (χ0) is 17.2. The molecule has 128 valence electrons. The smallest absolute Gasteiger partial charge is 0.243 e. The van der Waals surface area contributed by atoms with Gasteiger partial charge < -0.3 is 20.1 Å². The minimum absolute atomic E-state index is 0.124. The summed E-state index contributed by atoms with van der Waals surface area (Å²) in [4.78, 5) is 12.0. The number of benzene rings is 2. The molecule has 0 saturated heterocycles. The maximum atomic E-state index is 12.0. The number of nitrogens with one attached hydrogen (secondary N) is 2. The first-order valence-corrected chi connectivity index (χ1v) is 8.12. The predicted molar refractivity (Wildman–Crippen MR) is 97.0 cm³/mol. The van der Waals surface area contributed by atoms with Crippen LogP contribution in [0.3, 0.4) is 0 Å². The summed E-state index contributed by atoms with van der Waals surface area (Å²) in [5.41, 5.74) is 1.56. The first kappa shape index (κ1) is 17.7. The van der Waals surface area contributed by atoms with E-state index in [1.807, 2.05) is 42.5 Å². The quantitative estimate of drug-likeness (QED) is 0.685. The molecule has 0 aromatic heterocycles. The van der Waals surface area contributed by atoms with E-state index in [1.165, 1.54) is 0 Å². The highest BCUT2D eigenvalue weighted by Crippen LogP contribution is 2.18. The lowest BCUT2D eigenvalue weighted by Gasteiger charge is -2.10. The van der Waals surface area contributed by atoms with Crippen molar-refractivity contribution in [3.8, 4) is 11.5 Å². The minimum atomic E-state index is -0.124. The third kappa shape index (κ3) is 5.83. The molecule has 0 bridgehead atoms. The van der Waals surface area contributed by atoms with Gasteiger partial charge in [0.1, 0.15) is 11.5 Å². The molecule has 24 heavy (non-hydrogen) atoms. The molecule has 5 heteroatoms. The van der Waals surface area contributed by atoms with E-state index in [2.05, 4.69) is 17.6 Å². The molecule has 0 radical (unpaired) electrons. The summed E-state index contributed by atoms with van der Waals surface area (Å²) < 4.78 is 10.8. The van der Waals surface area contributed by atoms with Crippen LogP contribution in [-0.4, -0.2) is 26.2 Å². The topological polar surface area (TPSA) is 59.6 Å². The summed E-state index contributed by atoms with van der Waals surface area (Å²) >= 11 is 0. The number of carbonyl (C=O) groups is 1. The van der Waals surface area contributed by atoms with Gasteiger partial charge in [-0.3, -0.25) is 4.79 Å². The zero-order valence-electron chi connectivity index (χ0n) is 14.2. The third-order valence-electron chi connectivity index (χ3n) is 3.41. The number of rotatable bonds is 9. The highest BCUT2D eigenvalue weighted by atomic mass is 16.5. The number of unbranched alkanes of at least 4 members (excludes halogenated alkanes) is 1. The first-order valence-electron chi connectivity index (χ1n) is 8.12. The Morgan fingerprint density at radius 2 is 1.75 bits per heavy atom. The molecule has 0 saturated carbocycles. The second-order valence-corrected chi connectivity index (χ2v) is 5.36. The van der Waals surface area contributed by atoms with Crippen molar-refractivity contribution in [2.75, 3.05) is 30.9 Å². The predicted octanol–water partition coefficient (Wildman–Crippen LogP) is 3.92. The molecule has 0 unspecified atom stereocenters. The number of anilines is 2. The summed E-state index contributed by atoms with van der Waals surface area (Å²) in [6.45, 7) is 3.01. The van der Waals surface area contributed by atoms with E-state index >= 15 is 0 Å². The van der Waals surface area contributed by atoms with E-state index in [0.717, 1.165) is 24.3 Å². The van der Waals surface area contributed by atoms with Gasteiger partial charge in [0, 0.05) is 23.5 Å². The summed E-state index contributed by atoms with van der Waals surface area (Å²) in [6, 6.07) is 14.9. The van der Waals surface area contributed by atoms with Gasteiger partial charge in [-0.2, -0.15) is 0 Å². The zero-order valence-corrected chi connectivity index (χ0v) is 14.2.